The van der Waals surface area contributed by atoms with E-state index in [2.05, 4.69) is 21.3 Å². The molecule has 218 valence electrons. The van der Waals surface area contributed by atoms with Gasteiger partial charge in [-0.1, -0.05) is 19.1 Å². The van der Waals surface area contributed by atoms with Crippen molar-refractivity contribution in [3.05, 3.63) is 29.8 Å². The predicted molar refractivity (Wildman–Crippen MR) is 147 cm³/mol. The maximum atomic E-state index is 12.7. The van der Waals surface area contributed by atoms with Crippen LogP contribution in [0.4, 0.5) is 10.5 Å². The molecule has 0 saturated carbocycles. The number of rotatable bonds is 15. The van der Waals surface area contributed by atoms with Gasteiger partial charge in [0.25, 0.3) is 5.91 Å². The van der Waals surface area contributed by atoms with E-state index in [4.69, 9.17) is 4.74 Å². The van der Waals surface area contributed by atoms with Gasteiger partial charge in [-0.05, 0) is 30.9 Å². The first-order chi connectivity index (χ1) is 19.0. The second-order valence-corrected chi connectivity index (χ2v) is 10.0. The summed E-state index contributed by atoms with van der Waals surface area (Å²) in [7, 11) is 0. The van der Waals surface area contributed by atoms with Crippen LogP contribution in [0.3, 0.4) is 0 Å². The number of thioether (sulfide) groups is 1. The summed E-state index contributed by atoms with van der Waals surface area (Å²) in [6.45, 7) is 3.47. The highest BCUT2D eigenvalue weighted by molar-refractivity contribution is 8.00. The number of nitrogens with one attached hydrogen (secondary N) is 4. The topological polar surface area (TPSA) is 180 Å². The highest BCUT2D eigenvalue weighted by atomic mass is 32.2. The predicted octanol–water partition coefficient (Wildman–Crippen LogP) is 0.374. The first-order valence-electron chi connectivity index (χ1n) is 12.7. The van der Waals surface area contributed by atoms with Gasteiger partial charge in [0.1, 0.15) is 11.8 Å². The number of benzene rings is 1. The molecule has 1 saturated heterocycles. The average Bonchev–Trinajstić information content (AvgIpc) is 3.18. The van der Waals surface area contributed by atoms with E-state index in [0.717, 1.165) is 5.56 Å². The number of imide groups is 2. The summed E-state index contributed by atoms with van der Waals surface area (Å²) in [5, 5.41) is 9.22. The van der Waals surface area contributed by atoms with Gasteiger partial charge in [0, 0.05) is 31.5 Å². The first-order valence-corrected chi connectivity index (χ1v) is 14.0. The molecule has 40 heavy (non-hydrogen) atoms. The summed E-state index contributed by atoms with van der Waals surface area (Å²) >= 11 is 1.33. The van der Waals surface area contributed by atoms with E-state index in [-0.39, 0.29) is 68.4 Å². The van der Waals surface area contributed by atoms with Gasteiger partial charge >= 0.3 is 6.03 Å². The number of amides is 7. The molecular weight excluding hydrogens is 542 g/mol. The zero-order valence-electron chi connectivity index (χ0n) is 22.7. The highest BCUT2D eigenvalue weighted by Crippen LogP contribution is 2.22. The maximum Gasteiger partial charge on any atom is 0.325 e. The Hall–Kier alpha value is -3.78. The SMILES string of the molecule is CCC(=O)NC(CC(=O)NCCOCCN1C(=O)CC(SC)C1=O)C(=O)NC(=O)Nc1ccc(CC(C)=O)cc1. The van der Waals surface area contributed by atoms with Crippen LogP contribution in [-0.2, 0) is 39.9 Å². The largest absolute Gasteiger partial charge is 0.378 e. The van der Waals surface area contributed by atoms with Crippen LogP contribution in [-0.4, -0.2) is 90.1 Å². The number of ether oxygens (including phenoxy) is 1. The number of urea groups is 1. The van der Waals surface area contributed by atoms with Crippen LogP contribution in [0.15, 0.2) is 24.3 Å². The first kappa shape index (κ1) is 32.4. The third-order valence-corrected chi connectivity index (χ3v) is 6.72. The van der Waals surface area contributed by atoms with Crippen molar-refractivity contribution in [2.75, 3.05) is 37.9 Å². The fourth-order valence-electron chi connectivity index (χ4n) is 3.71. The molecule has 14 heteroatoms. The van der Waals surface area contributed by atoms with Gasteiger partial charge in [-0.2, -0.15) is 11.8 Å². The van der Waals surface area contributed by atoms with Crippen LogP contribution in [0.2, 0.25) is 0 Å². The summed E-state index contributed by atoms with van der Waals surface area (Å²) in [6.07, 6.45) is 1.86. The molecule has 2 rings (SSSR count). The molecule has 0 radical (unpaired) electrons. The Kier molecular flexibility index (Phi) is 13.3. The van der Waals surface area contributed by atoms with Crippen molar-refractivity contribution in [1.29, 1.82) is 0 Å². The van der Waals surface area contributed by atoms with Gasteiger partial charge in [-0.25, -0.2) is 4.79 Å². The van der Waals surface area contributed by atoms with E-state index in [9.17, 15) is 33.6 Å². The lowest BCUT2D eigenvalue weighted by atomic mass is 10.1. The summed E-state index contributed by atoms with van der Waals surface area (Å²) in [6, 6.07) is 4.35. The molecule has 0 bridgehead atoms. The van der Waals surface area contributed by atoms with Crippen molar-refractivity contribution in [1.82, 2.24) is 20.9 Å². The normalized spacial score (nSPS) is 15.4. The molecule has 0 aliphatic carbocycles. The number of carbonyl (C=O) groups excluding carboxylic acids is 7. The van der Waals surface area contributed by atoms with Crippen LogP contribution in [0.1, 0.15) is 38.7 Å². The third-order valence-electron chi connectivity index (χ3n) is 5.78. The van der Waals surface area contributed by atoms with Gasteiger partial charge < -0.3 is 20.7 Å². The monoisotopic (exact) mass is 577 g/mol. The van der Waals surface area contributed by atoms with Crippen LogP contribution in [0, 0.1) is 0 Å². The van der Waals surface area contributed by atoms with E-state index in [1.807, 2.05) is 0 Å². The summed E-state index contributed by atoms with van der Waals surface area (Å²) in [5.41, 5.74) is 1.15. The number of carbonyl (C=O) groups is 7. The van der Waals surface area contributed by atoms with Crippen molar-refractivity contribution in [3.8, 4) is 0 Å². The fourth-order valence-corrected chi connectivity index (χ4v) is 4.35. The second-order valence-electron chi connectivity index (χ2n) is 8.97. The number of nitrogens with zero attached hydrogens (tertiary/aromatic N) is 1. The fraction of sp³-hybridized carbons (Fsp3) is 0.500. The van der Waals surface area contributed by atoms with Crippen LogP contribution in [0.25, 0.3) is 0 Å². The zero-order valence-corrected chi connectivity index (χ0v) is 23.6. The number of hydrogen-bond acceptors (Lipinski definition) is 9. The molecule has 1 aromatic rings. The van der Waals surface area contributed by atoms with Gasteiger partial charge in [-0.15, -0.1) is 0 Å². The van der Waals surface area contributed by atoms with E-state index >= 15 is 0 Å². The number of Topliss-reactive ketones (excluding diaryl/α,β-unsaturated/α-hetero) is 1. The molecule has 0 spiro atoms. The summed E-state index contributed by atoms with van der Waals surface area (Å²) in [4.78, 5) is 85.6. The molecule has 1 fully saturated rings. The third kappa shape index (κ3) is 10.8. The molecule has 0 aromatic heterocycles. The van der Waals surface area contributed by atoms with Crippen molar-refractivity contribution < 1.29 is 38.3 Å². The molecule has 1 heterocycles. The molecule has 2 atom stereocenters. The van der Waals surface area contributed by atoms with Gasteiger partial charge in [0.15, 0.2) is 0 Å². The molecule has 13 nitrogen and oxygen atoms in total. The Bertz CT molecular complexity index is 1110. The Balaban J connectivity index is 1.77. The van der Waals surface area contributed by atoms with Crippen LogP contribution in [0.5, 0.6) is 0 Å². The quantitative estimate of drug-likeness (QED) is 0.169. The molecular formula is C26H35N5O8S. The molecule has 7 amide bonds. The van der Waals surface area contributed by atoms with E-state index in [1.165, 1.54) is 23.6 Å². The zero-order chi connectivity index (χ0) is 29.7. The molecule has 2 unspecified atom stereocenters. The van der Waals surface area contributed by atoms with E-state index in [1.54, 1.807) is 37.4 Å². The van der Waals surface area contributed by atoms with Crippen LogP contribution >= 0.6 is 11.8 Å². The minimum Gasteiger partial charge on any atom is -0.378 e. The molecule has 1 aliphatic heterocycles. The van der Waals surface area contributed by atoms with Crippen molar-refractivity contribution in [2.45, 2.75) is 50.8 Å². The number of ketones is 1. The van der Waals surface area contributed by atoms with E-state index in [0.29, 0.717) is 5.69 Å². The maximum absolute atomic E-state index is 12.7. The minimum atomic E-state index is -1.30. The average molecular weight is 578 g/mol. The number of likely N-dealkylation sites (tertiary alicyclic amines) is 1. The van der Waals surface area contributed by atoms with Crippen molar-refractivity contribution >= 4 is 58.8 Å². The Morgan fingerprint density at radius 3 is 2.38 bits per heavy atom. The standard InChI is InChI=1S/C26H35N5O8S/c1-4-21(33)29-19(24(36)30-26(38)28-18-7-5-17(6-8-18)13-16(2)32)14-22(34)27-9-11-39-12-10-31-23(35)15-20(40-3)25(31)37/h5-8,19-20H,4,9-15H2,1-3H3,(H,27,34)(H,29,33)(H2,28,30,36,38). The molecule has 1 aromatic carbocycles. The van der Waals surface area contributed by atoms with Crippen molar-refractivity contribution in [3.63, 3.8) is 0 Å². The van der Waals surface area contributed by atoms with Gasteiger partial charge in [0.2, 0.25) is 23.6 Å². The van der Waals surface area contributed by atoms with Gasteiger partial charge in [-0.3, -0.25) is 39.0 Å². The smallest absolute Gasteiger partial charge is 0.325 e. The Morgan fingerprint density at radius 1 is 1.07 bits per heavy atom. The Morgan fingerprint density at radius 2 is 1.77 bits per heavy atom. The lowest BCUT2D eigenvalue weighted by Crippen LogP contribution is -2.51. The Labute approximate surface area is 236 Å². The van der Waals surface area contributed by atoms with E-state index < -0.39 is 36.2 Å². The summed E-state index contributed by atoms with van der Waals surface area (Å²) in [5.74, 6) is -2.39. The number of hydrogen-bond donors (Lipinski definition) is 4. The highest BCUT2D eigenvalue weighted by Gasteiger charge is 2.37. The molecule has 4 N–H and O–H groups in total. The van der Waals surface area contributed by atoms with Crippen molar-refractivity contribution in [2.24, 2.45) is 0 Å². The van der Waals surface area contributed by atoms with Crippen LogP contribution < -0.4 is 21.3 Å². The van der Waals surface area contributed by atoms with Gasteiger partial charge in [0.05, 0.1) is 31.4 Å². The minimum absolute atomic E-state index is 0.00177. The summed E-state index contributed by atoms with van der Waals surface area (Å²) < 4.78 is 5.40. The number of anilines is 1. The molecule has 1 aliphatic rings. The lowest BCUT2D eigenvalue weighted by molar-refractivity contribution is -0.139. The lowest BCUT2D eigenvalue weighted by Gasteiger charge is -2.18. The second kappa shape index (κ2) is 16.4.